The summed E-state index contributed by atoms with van der Waals surface area (Å²) >= 11 is 0. The Morgan fingerprint density at radius 1 is 1.05 bits per heavy atom. The lowest BCUT2D eigenvalue weighted by atomic mass is 9.78. The lowest BCUT2D eigenvalue weighted by Gasteiger charge is -2.28. The van der Waals surface area contributed by atoms with E-state index >= 15 is 0 Å². The Labute approximate surface area is 128 Å². The first-order chi connectivity index (χ1) is 9.34. The lowest BCUT2D eigenvalue weighted by molar-refractivity contribution is -0.113. The average Bonchev–Trinajstić information content (AvgIpc) is 2.27. The summed E-state index contributed by atoms with van der Waals surface area (Å²) in [7, 11) is 0. The number of hydrogen-bond acceptors (Lipinski definition) is 2. The minimum atomic E-state index is -0.155. The molecule has 0 aliphatic rings. The van der Waals surface area contributed by atoms with E-state index in [0.29, 0.717) is 17.7 Å². The number of phenols is 1. The Morgan fingerprint density at radius 2 is 1.43 bits per heavy atom. The number of phenolic OH excluding ortho intramolecular Hbond substituents is 1. The molecular weight excluding hydrogens is 260 g/mol. The first kappa shape index (κ1) is 17.5. The number of allylic oxidation sites excluding steroid dienone is 1. The molecule has 1 rings (SSSR count). The van der Waals surface area contributed by atoms with Crippen molar-refractivity contribution in [2.24, 2.45) is 0 Å². The van der Waals surface area contributed by atoms with Gasteiger partial charge in [0, 0.05) is 6.42 Å². The summed E-state index contributed by atoms with van der Waals surface area (Å²) in [5.41, 5.74) is 3.15. The number of aromatic hydroxyl groups is 1. The van der Waals surface area contributed by atoms with Gasteiger partial charge < -0.3 is 5.11 Å². The zero-order valence-corrected chi connectivity index (χ0v) is 14.4. The minimum absolute atomic E-state index is 0.0118. The van der Waals surface area contributed by atoms with Gasteiger partial charge in [0.15, 0.2) is 5.78 Å². The minimum Gasteiger partial charge on any atom is -0.507 e. The largest absolute Gasteiger partial charge is 0.507 e. The van der Waals surface area contributed by atoms with Gasteiger partial charge >= 0.3 is 0 Å². The van der Waals surface area contributed by atoms with Crippen molar-refractivity contribution in [1.29, 1.82) is 0 Å². The summed E-state index contributed by atoms with van der Waals surface area (Å²) in [6, 6.07) is 4.00. The highest BCUT2D eigenvalue weighted by Crippen LogP contribution is 2.40. The van der Waals surface area contributed by atoms with E-state index in [9.17, 15) is 9.90 Å². The van der Waals surface area contributed by atoms with Crippen molar-refractivity contribution in [3.8, 4) is 5.75 Å². The van der Waals surface area contributed by atoms with Crippen LogP contribution in [-0.4, -0.2) is 10.9 Å². The fourth-order valence-electron chi connectivity index (χ4n) is 2.31. The quantitative estimate of drug-likeness (QED) is 0.820. The molecule has 0 unspecified atom stereocenters. The first-order valence-electron chi connectivity index (χ1n) is 7.39. The van der Waals surface area contributed by atoms with Crippen LogP contribution < -0.4 is 0 Å². The van der Waals surface area contributed by atoms with Crippen molar-refractivity contribution >= 4 is 5.78 Å². The van der Waals surface area contributed by atoms with E-state index in [-0.39, 0.29) is 16.6 Å². The predicted octanol–water partition coefficient (Wildman–Crippen LogP) is 4.67. The second kappa shape index (κ2) is 5.67. The standard InChI is InChI=1S/C19H28O2/c1-12(13(2)20)9-14-10-15(18(3,4)5)17(21)16(11-14)19(6,7)8/h10-11,21H,1,9H2,2-8H3. The third-order valence-electron chi connectivity index (χ3n) is 3.70. The maximum absolute atomic E-state index is 11.4. The van der Waals surface area contributed by atoms with Crippen LogP contribution in [0.2, 0.25) is 0 Å². The second-order valence-electron chi connectivity index (χ2n) is 7.88. The third kappa shape index (κ3) is 4.20. The SMILES string of the molecule is C=C(Cc1cc(C(C)(C)C)c(O)c(C(C)(C)C)c1)C(C)=O. The number of benzene rings is 1. The number of hydrogen-bond donors (Lipinski definition) is 1. The van der Waals surface area contributed by atoms with Crippen molar-refractivity contribution in [3.05, 3.63) is 41.0 Å². The molecule has 0 saturated carbocycles. The first-order valence-corrected chi connectivity index (χ1v) is 7.39. The fourth-order valence-corrected chi connectivity index (χ4v) is 2.31. The fraction of sp³-hybridized carbons (Fsp3) is 0.526. The topological polar surface area (TPSA) is 37.3 Å². The smallest absolute Gasteiger partial charge is 0.155 e. The number of rotatable bonds is 3. The van der Waals surface area contributed by atoms with Gasteiger partial charge in [-0.3, -0.25) is 4.79 Å². The highest BCUT2D eigenvalue weighted by atomic mass is 16.3. The molecule has 0 atom stereocenters. The van der Waals surface area contributed by atoms with E-state index in [4.69, 9.17) is 0 Å². The van der Waals surface area contributed by atoms with E-state index in [2.05, 4.69) is 48.1 Å². The highest BCUT2D eigenvalue weighted by Gasteiger charge is 2.26. The number of carbonyl (C=O) groups is 1. The molecule has 2 nitrogen and oxygen atoms in total. The molecule has 1 aromatic rings. The van der Waals surface area contributed by atoms with Gasteiger partial charge in [-0.05, 0) is 40.0 Å². The Hall–Kier alpha value is -1.57. The summed E-state index contributed by atoms with van der Waals surface area (Å²) in [6.45, 7) is 17.9. The van der Waals surface area contributed by atoms with Crippen LogP contribution in [0.25, 0.3) is 0 Å². The van der Waals surface area contributed by atoms with Crippen LogP contribution in [0.5, 0.6) is 5.75 Å². The van der Waals surface area contributed by atoms with Crippen molar-refractivity contribution in [3.63, 3.8) is 0 Å². The highest BCUT2D eigenvalue weighted by molar-refractivity contribution is 5.93. The van der Waals surface area contributed by atoms with E-state index in [1.807, 2.05) is 12.1 Å². The molecule has 0 spiro atoms. The van der Waals surface area contributed by atoms with Crippen molar-refractivity contribution in [1.82, 2.24) is 0 Å². The Balaban J connectivity index is 3.48. The molecular formula is C19H28O2. The summed E-state index contributed by atoms with van der Waals surface area (Å²) in [6.07, 6.45) is 0.530. The molecule has 116 valence electrons. The van der Waals surface area contributed by atoms with Gasteiger partial charge in [0.25, 0.3) is 0 Å². The molecule has 0 bridgehead atoms. The molecule has 0 fully saturated rings. The molecule has 0 saturated heterocycles. The van der Waals surface area contributed by atoms with Crippen LogP contribution >= 0.6 is 0 Å². The van der Waals surface area contributed by atoms with Crippen LogP contribution in [0, 0.1) is 0 Å². The van der Waals surface area contributed by atoms with Gasteiger partial charge in [0.2, 0.25) is 0 Å². The summed E-state index contributed by atoms with van der Waals surface area (Å²) in [5, 5.41) is 10.6. The summed E-state index contributed by atoms with van der Waals surface area (Å²) in [5.74, 6) is 0.380. The molecule has 1 N–H and O–H groups in total. The van der Waals surface area contributed by atoms with E-state index in [1.165, 1.54) is 6.92 Å². The Kier molecular flexibility index (Phi) is 4.72. The molecule has 0 radical (unpaired) electrons. The molecule has 0 aliphatic heterocycles. The molecule has 0 heterocycles. The maximum Gasteiger partial charge on any atom is 0.155 e. The average molecular weight is 288 g/mol. The van der Waals surface area contributed by atoms with Gasteiger partial charge in [-0.1, -0.05) is 60.3 Å². The zero-order valence-electron chi connectivity index (χ0n) is 14.4. The van der Waals surface area contributed by atoms with Crippen LogP contribution in [0.15, 0.2) is 24.3 Å². The van der Waals surface area contributed by atoms with E-state index in [0.717, 1.165) is 16.7 Å². The molecule has 0 amide bonds. The number of ketones is 1. The molecule has 0 aliphatic carbocycles. The molecule has 2 heteroatoms. The van der Waals surface area contributed by atoms with Crippen LogP contribution in [0.1, 0.15) is 65.2 Å². The summed E-state index contributed by atoms with van der Waals surface area (Å²) in [4.78, 5) is 11.4. The van der Waals surface area contributed by atoms with Gasteiger partial charge in [0.1, 0.15) is 5.75 Å². The zero-order chi connectivity index (χ0) is 16.6. The molecule has 21 heavy (non-hydrogen) atoms. The van der Waals surface area contributed by atoms with E-state index in [1.54, 1.807) is 0 Å². The van der Waals surface area contributed by atoms with Gasteiger partial charge in [0.05, 0.1) is 0 Å². The monoisotopic (exact) mass is 288 g/mol. The van der Waals surface area contributed by atoms with E-state index < -0.39 is 0 Å². The van der Waals surface area contributed by atoms with Crippen molar-refractivity contribution in [2.45, 2.75) is 65.7 Å². The van der Waals surface area contributed by atoms with Crippen LogP contribution in [0.4, 0.5) is 0 Å². The van der Waals surface area contributed by atoms with Gasteiger partial charge in [-0.25, -0.2) is 0 Å². The second-order valence-corrected chi connectivity index (χ2v) is 7.88. The normalized spacial score (nSPS) is 12.3. The number of carbonyl (C=O) groups excluding carboxylic acids is 1. The Morgan fingerprint density at radius 3 is 1.71 bits per heavy atom. The molecule has 1 aromatic carbocycles. The Bertz CT molecular complexity index is 531. The van der Waals surface area contributed by atoms with Gasteiger partial charge in [-0.2, -0.15) is 0 Å². The molecule has 0 aromatic heterocycles. The van der Waals surface area contributed by atoms with Crippen LogP contribution in [-0.2, 0) is 22.0 Å². The summed E-state index contributed by atoms with van der Waals surface area (Å²) < 4.78 is 0. The van der Waals surface area contributed by atoms with Crippen molar-refractivity contribution < 1.29 is 9.90 Å². The van der Waals surface area contributed by atoms with Crippen LogP contribution in [0.3, 0.4) is 0 Å². The van der Waals surface area contributed by atoms with Crippen molar-refractivity contribution in [2.75, 3.05) is 0 Å². The predicted molar refractivity (Wildman–Crippen MR) is 89.0 cm³/mol. The third-order valence-corrected chi connectivity index (χ3v) is 3.70. The van der Waals surface area contributed by atoms with Gasteiger partial charge in [-0.15, -0.1) is 0 Å². The maximum atomic E-state index is 11.4. The number of Topliss-reactive ketones (excluding diaryl/α,β-unsaturated/α-hetero) is 1. The lowest BCUT2D eigenvalue weighted by Crippen LogP contribution is -2.18.